The lowest BCUT2D eigenvalue weighted by atomic mass is 9.97. The zero-order valence-corrected chi connectivity index (χ0v) is 45.8. The third-order valence-electron chi connectivity index (χ3n) is 12.3. The lowest BCUT2D eigenvalue weighted by Gasteiger charge is -2.30. The highest BCUT2D eigenvalue weighted by Crippen LogP contribution is 2.13. The number of unbranched alkanes of at least 4 members (excludes halogenated alkanes) is 2. The van der Waals surface area contributed by atoms with Crippen molar-refractivity contribution in [2.75, 3.05) is 26.3 Å². The largest absolute Gasteiger partial charge is 0.481 e. The normalized spacial score (nSPS) is 15.7. The smallest absolute Gasteiger partial charge is 0.326 e. The highest BCUT2D eigenvalue weighted by Gasteiger charge is 2.38. The summed E-state index contributed by atoms with van der Waals surface area (Å²) in [6.07, 6.45) is -3.04. The van der Waals surface area contributed by atoms with E-state index in [-0.39, 0.29) is 64.0 Å². The van der Waals surface area contributed by atoms with Gasteiger partial charge < -0.3 is 101 Å². The molecular weight excluding hydrogens is 1060 g/mol. The van der Waals surface area contributed by atoms with Crippen LogP contribution in [0.15, 0.2) is 0 Å². The third kappa shape index (κ3) is 28.1. The van der Waals surface area contributed by atoms with E-state index in [1.165, 1.54) is 6.92 Å². The molecule has 10 amide bonds. The molecule has 32 nitrogen and oxygen atoms in total. The summed E-state index contributed by atoms with van der Waals surface area (Å²) in [6.45, 7) is 5.76. The number of aliphatic hydroxyl groups is 3. The molecule has 0 rings (SSSR count). The number of aliphatic hydroxyl groups excluding tert-OH is 3. The zero-order valence-electron chi connectivity index (χ0n) is 45.8. The number of carbonyl (C=O) groups excluding carboxylic acids is 10. The predicted molar refractivity (Wildman–Crippen MR) is 281 cm³/mol. The number of rotatable bonds is 42. The highest BCUT2D eigenvalue weighted by atomic mass is 16.4. The van der Waals surface area contributed by atoms with Gasteiger partial charge in [0.15, 0.2) is 0 Å². The Labute approximate surface area is 462 Å². The quantitative estimate of drug-likeness (QED) is 0.0253. The van der Waals surface area contributed by atoms with Crippen LogP contribution in [0, 0.1) is 11.8 Å². The van der Waals surface area contributed by atoms with Crippen molar-refractivity contribution in [3.8, 4) is 0 Å². The van der Waals surface area contributed by atoms with Gasteiger partial charge in [-0.25, -0.2) is 4.79 Å². The van der Waals surface area contributed by atoms with Gasteiger partial charge in [0.05, 0.1) is 31.8 Å². The van der Waals surface area contributed by atoms with E-state index in [0.717, 1.165) is 6.92 Å². The Bertz CT molecular complexity index is 2100. The molecule has 0 aromatic rings. The van der Waals surface area contributed by atoms with Crippen LogP contribution < -0.4 is 70.8 Å². The van der Waals surface area contributed by atoms with Gasteiger partial charge in [0.25, 0.3) is 0 Å². The van der Waals surface area contributed by atoms with E-state index >= 15 is 0 Å². The minimum absolute atomic E-state index is 0.0219. The molecule has 32 heteroatoms. The molecule has 0 spiro atoms. The monoisotopic (exact) mass is 1150 g/mol. The number of aliphatic carboxylic acids is 3. The first kappa shape index (κ1) is 72.9. The molecule has 0 aliphatic heterocycles. The molecule has 12 atom stereocenters. The molecule has 0 fully saturated rings. The van der Waals surface area contributed by atoms with Crippen LogP contribution in [0.25, 0.3) is 0 Å². The standard InChI is InChI=1S/C48H85N13O19/c1-6-24(4)37(60-47(78)38(25(5)64)61-43(74)31(20-36(68)69)56-39(70)26(51)13-15-34(52)65)46(77)59-33(22-63)45(76)58-32(21-62)44(75)54-28(12-8-10-18-50)41(72)57-30(19-23(2)3)42(73)53-27(11-7-9-17-49)40(71)55-29(48(79)80)14-16-35(66)67/h23-33,37-38,62-64H,6-22,49-51H2,1-5H3,(H2,52,65)(H,53,73)(H,54,75)(H,55,71)(H,56,70)(H,57,72)(H,58,76)(H,59,77)(H,60,78)(H,61,74)(H,66,67)(H,68,69)(H,79,80)/t24-,25+,26-,27-,28-,29-,30-,31-,32-,33-,37-,38-/m0/s1. The Kier molecular flexibility index (Phi) is 35.0. The van der Waals surface area contributed by atoms with Gasteiger partial charge in [0, 0.05) is 12.8 Å². The predicted octanol–water partition coefficient (Wildman–Crippen LogP) is -6.92. The molecule has 0 aliphatic carbocycles. The van der Waals surface area contributed by atoms with Crippen LogP contribution in [0.5, 0.6) is 0 Å². The average Bonchev–Trinajstić information content (AvgIpc) is 3.38. The number of nitrogens with two attached hydrogens (primary N) is 4. The average molecular weight is 1150 g/mol. The third-order valence-corrected chi connectivity index (χ3v) is 12.3. The summed E-state index contributed by atoms with van der Waals surface area (Å²) in [4.78, 5) is 168. The topological polar surface area (TPSA) is 556 Å². The van der Waals surface area contributed by atoms with Gasteiger partial charge in [-0.1, -0.05) is 34.1 Å². The number of amides is 10. The molecule has 0 aromatic heterocycles. The van der Waals surface area contributed by atoms with E-state index in [9.17, 15) is 87.9 Å². The second kappa shape index (κ2) is 38.5. The van der Waals surface area contributed by atoms with E-state index in [4.69, 9.17) is 28.0 Å². The minimum Gasteiger partial charge on any atom is -0.481 e. The Morgan fingerprint density at radius 2 is 0.850 bits per heavy atom. The summed E-state index contributed by atoms with van der Waals surface area (Å²) >= 11 is 0. The summed E-state index contributed by atoms with van der Waals surface area (Å²) in [5.74, 6) is -16.0. The van der Waals surface area contributed by atoms with Gasteiger partial charge in [-0.3, -0.25) is 57.5 Å². The summed E-state index contributed by atoms with van der Waals surface area (Å²) in [6, 6.07) is -16.3. The van der Waals surface area contributed by atoms with Gasteiger partial charge in [-0.15, -0.1) is 0 Å². The molecule has 456 valence electrons. The van der Waals surface area contributed by atoms with Crippen LogP contribution in [0.4, 0.5) is 0 Å². The number of hydrogen-bond donors (Lipinski definition) is 19. The maximum atomic E-state index is 14.0. The SMILES string of the molecule is CC[C@H](C)[C@H](NC(=O)[C@@H](NC(=O)[C@H](CC(=O)O)NC(=O)[C@@H](N)CCC(N)=O)[C@@H](C)O)C(=O)N[C@@H](CO)C(=O)N[C@@H](CO)C(=O)N[C@@H](CCCCN)C(=O)N[C@@H](CC(C)C)C(=O)N[C@@H](CCCCN)C(=O)N[C@@H](CCC(=O)O)C(=O)O. The molecule has 0 radical (unpaired) electrons. The number of carbonyl (C=O) groups is 13. The fourth-order valence-electron chi connectivity index (χ4n) is 7.46. The van der Waals surface area contributed by atoms with E-state index < -0.39 is 182 Å². The van der Waals surface area contributed by atoms with Gasteiger partial charge in [0.1, 0.15) is 54.4 Å². The van der Waals surface area contributed by atoms with Crippen molar-refractivity contribution < 1.29 is 93.0 Å². The van der Waals surface area contributed by atoms with E-state index in [2.05, 4.69) is 47.9 Å². The fourth-order valence-corrected chi connectivity index (χ4v) is 7.46. The molecule has 0 saturated carbocycles. The van der Waals surface area contributed by atoms with Crippen molar-refractivity contribution in [1.29, 1.82) is 0 Å². The number of nitrogens with one attached hydrogen (secondary N) is 9. The first-order chi connectivity index (χ1) is 37.5. The molecule has 0 aliphatic rings. The fraction of sp³-hybridized carbons (Fsp3) is 0.729. The van der Waals surface area contributed by atoms with Crippen molar-refractivity contribution in [1.82, 2.24) is 47.9 Å². The summed E-state index contributed by atoms with van der Waals surface area (Å²) in [7, 11) is 0. The Hall–Kier alpha value is -7.13. The van der Waals surface area contributed by atoms with Crippen molar-refractivity contribution in [3.63, 3.8) is 0 Å². The molecular formula is C48H85N13O19. The Morgan fingerprint density at radius 3 is 1.26 bits per heavy atom. The minimum atomic E-state index is -1.90. The van der Waals surface area contributed by atoms with E-state index in [0.29, 0.717) is 19.3 Å². The van der Waals surface area contributed by atoms with E-state index in [1.807, 2.05) is 0 Å². The number of carboxylic acid groups (broad SMARTS) is 3. The van der Waals surface area contributed by atoms with Gasteiger partial charge in [0.2, 0.25) is 59.1 Å². The molecule has 80 heavy (non-hydrogen) atoms. The first-order valence-electron chi connectivity index (χ1n) is 26.2. The van der Waals surface area contributed by atoms with Crippen LogP contribution in [0.1, 0.15) is 118 Å². The molecule has 0 saturated heterocycles. The Balaban J connectivity index is 6.46. The summed E-state index contributed by atoms with van der Waals surface area (Å²) in [5.41, 5.74) is 22.1. The van der Waals surface area contributed by atoms with Gasteiger partial charge in [-0.2, -0.15) is 0 Å². The van der Waals surface area contributed by atoms with Crippen LogP contribution in [-0.2, 0) is 62.3 Å². The van der Waals surface area contributed by atoms with Crippen molar-refractivity contribution >= 4 is 77.0 Å². The van der Waals surface area contributed by atoms with Crippen molar-refractivity contribution in [3.05, 3.63) is 0 Å². The number of hydrogen-bond acceptors (Lipinski definition) is 19. The Morgan fingerprint density at radius 1 is 0.450 bits per heavy atom. The molecule has 0 aromatic carbocycles. The van der Waals surface area contributed by atoms with Crippen LogP contribution in [0.2, 0.25) is 0 Å². The molecule has 0 unspecified atom stereocenters. The van der Waals surface area contributed by atoms with Crippen LogP contribution >= 0.6 is 0 Å². The second-order valence-corrected chi connectivity index (χ2v) is 19.6. The van der Waals surface area contributed by atoms with E-state index in [1.54, 1.807) is 20.8 Å². The van der Waals surface area contributed by atoms with Gasteiger partial charge >= 0.3 is 17.9 Å². The molecule has 0 bridgehead atoms. The number of primary amides is 1. The van der Waals surface area contributed by atoms with Gasteiger partial charge in [-0.05, 0) is 89.6 Å². The maximum absolute atomic E-state index is 14.0. The lowest BCUT2D eigenvalue weighted by molar-refractivity contribution is -0.144. The zero-order chi connectivity index (χ0) is 61.4. The second-order valence-electron chi connectivity index (χ2n) is 19.6. The van der Waals surface area contributed by atoms with Crippen molar-refractivity contribution in [2.24, 2.45) is 34.8 Å². The summed E-state index contributed by atoms with van der Waals surface area (Å²) in [5, 5.41) is 79.9. The summed E-state index contributed by atoms with van der Waals surface area (Å²) < 4.78 is 0. The highest BCUT2D eigenvalue weighted by molar-refractivity contribution is 5.99. The molecule has 23 N–H and O–H groups in total. The lowest BCUT2D eigenvalue weighted by Crippen LogP contribution is -2.63. The maximum Gasteiger partial charge on any atom is 0.326 e. The first-order valence-corrected chi connectivity index (χ1v) is 26.2. The number of carboxylic acids is 3. The van der Waals surface area contributed by atoms with Crippen LogP contribution in [0.3, 0.4) is 0 Å². The molecule has 0 heterocycles. The van der Waals surface area contributed by atoms with Crippen LogP contribution in [-0.4, -0.2) is 200 Å². The van der Waals surface area contributed by atoms with Crippen molar-refractivity contribution in [2.45, 2.75) is 185 Å².